The Labute approximate surface area is 196 Å². The van der Waals surface area contributed by atoms with Gasteiger partial charge in [-0.05, 0) is 56.2 Å². The third-order valence-corrected chi connectivity index (χ3v) is 4.93. The Balaban J connectivity index is 2.03. The molecule has 6 heteroatoms. The smallest absolute Gasteiger partial charge is 0.303 e. The van der Waals surface area contributed by atoms with Gasteiger partial charge in [0.25, 0.3) is 0 Å². The van der Waals surface area contributed by atoms with Crippen LogP contribution in [0.3, 0.4) is 0 Å². The van der Waals surface area contributed by atoms with Crippen LogP contribution in [0.1, 0.15) is 57.4 Å². The summed E-state index contributed by atoms with van der Waals surface area (Å²) < 4.78 is 0. The highest BCUT2D eigenvalue weighted by atomic mass is 16.4. The minimum Gasteiger partial charge on any atom is -0.481 e. The predicted octanol–water partition coefficient (Wildman–Crippen LogP) is 5.39. The van der Waals surface area contributed by atoms with Crippen LogP contribution in [0.2, 0.25) is 0 Å². The number of hydrogen-bond acceptors (Lipinski definition) is 4. The van der Waals surface area contributed by atoms with Crippen LogP contribution in [0.5, 0.6) is 0 Å². The number of carbonyl (C=O) groups excluding carboxylic acids is 1. The molecule has 0 saturated carbocycles. The van der Waals surface area contributed by atoms with Gasteiger partial charge in [-0.3, -0.25) is 19.6 Å². The molecule has 174 valence electrons. The van der Waals surface area contributed by atoms with Gasteiger partial charge in [0.2, 0.25) is 5.91 Å². The van der Waals surface area contributed by atoms with Crippen molar-refractivity contribution in [2.45, 2.75) is 51.9 Å². The number of carbonyl (C=O) groups is 2. The maximum absolute atomic E-state index is 12.4. The lowest BCUT2D eigenvalue weighted by Gasteiger charge is -2.08. The highest BCUT2D eigenvalue weighted by Crippen LogP contribution is 2.15. The molecule has 1 aliphatic carbocycles. The Morgan fingerprint density at radius 2 is 1.91 bits per heavy atom. The van der Waals surface area contributed by atoms with Crippen molar-refractivity contribution in [1.29, 1.82) is 0 Å². The molecule has 1 aliphatic rings. The molecule has 2 N–H and O–H groups in total. The fraction of sp³-hybridized carbons (Fsp3) is 0.333. The Kier molecular flexibility index (Phi) is 11.9. The number of unbranched alkanes of at least 4 members (excludes halogenated alkanes) is 2. The lowest BCUT2D eigenvalue weighted by atomic mass is 10.1. The molecule has 33 heavy (non-hydrogen) atoms. The molecular weight excluding hydrogens is 414 g/mol. The number of nitrogens with zero attached hydrogens (tertiary/aromatic N) is 2. The zero-order valence-corrected chi connectivity index (χ0v) is 19.2. The zero-order chi connectivity index (χ0) is 23.7. The minimum absolute atomic E-state index is 0.0773. The van der Waals surface area contributed by atoms with Crippen molar-refractivity contribution in [3.8, 4) is 0 Å². The SMILES string of the molecule is C/C=C(N=Cc1ccccc1)\C(=C/CC(=O)NCC1=CCCC=C1)N=CCCCCC(=O)O. The van der Waals surface area contributed by atoms with Gasteiger partial charge in [-0.15, -0.1) is 0 Å². The Bertz CT molecular complexity index is 954. The van der Waals surface area contributed by atoms with Gasteiger partial charge in [0, 0.05) is 31.8 Å². The first kappa shape index (κ1) is 25.7. The molecule has 2 rings (SSSR count). The van der Waals surface area contributed by atoms with Gasteiger partial charge in [-0.25, -0.2) is 0 Å². The summed E-state index contributed by atoms with van der Waals surface area (Å²) in [6.07, 6.45) is 17.9. The third kappa shape index (κ3) is 11.1. The number of amides is 1. The summed E-state index contributed by atoms with van der Waals surface area (Å²) in [5.74, 6) is -0.865. The Hall–Kier alpha value is -3.54. The second-order valence-corrected chi connectivity index (χ2v) is 7.62. The van der Waals surface area contributed by atoms with Crippen LogP contribution in [-0.2, 0) is 9.59 Å². The number of aliphatic carboxylic acids is 1. The maximum atomic E-state index is 12.4. The van der Waals surface area contributed by atoms with Crippen LogP contribution >= 0.6 is 0 Å². The number of benzene rings is 1. The van der Waals surface area contributed by atoms with Crippen molar-refractivity contribution in [1.82, 2.24) is 5.32 Å². The number of allylic oxidation sites excluding steroid dienone is 3. The van der Waals surface area contributed by atoms with Gasteiger partial charge in [0.05, 0.1) is 11.4 Å². The van der Waals surface area contributed by atoms with E-state index in [0.717, 1.165) is 30.4 Å². The molecule has 0 aromatic heterocycles. The monoisotopic (exact) mass is 447 g/mol. The van der Waals surface area contributed by atoms with Gasteiger partial charge < -0.3 is 10.4 Å². The summed E-state index contributed by atoms with van der Waals surface area (Å²) in [4.78, 5) is 32.2. The van der Waals surface area contributed by atoms with Crippen LogP contribution in [0, 0.1) is 0 Å². The molecule has 1 aromatic rings. The average Bonchev–Trinajstić information content (AvgIpc) is 2.84. The molecule has 0 unspecified atom stereocenters. The van der Waals surface area contributed by atoms with Crippen molar-refractivity contribution in [3.63, 3.8) is 0 Å². The van der Waals surface area contributed by atoms with E-state index in [0.29, 0.717) is 30.8 Å². The van der Waals surface area contributed by atoms with Crippen LogP contribution < -0.4 is 5.32 Å². The van der Waals surface area contributed by atoms with E-state index in [9.17, 15) is 9.59 Å². The molecule has 0 heterocycles. The Morgan fingerprint density at radius 3 is 2.61 bits per heavy atom. The first-order valence-corrected chi connectivity index (χ1v) is 11.4. The fourth-order valence-corrected chi connectivity index (χ4v) is 3.13. The van der Waals surface area contributed by atoms with E-state index in [4.69, 9.17) is 5.11 Å². The molecule has 1 aromatic carbocycles. The summed E-state index contributed by atoms with van der Waals surface area (Å²) in [7, 11) is 0. The average molecular weight is 448 g/mol. The van der Waals surface area contributed by atoms with E-state index in [1.165, 1.54) is 0 Å². The predicted molar refractivity (Wildman–Crippen MR) is 135 cm³/mol. The largest absolute Gasteiger partial charge is 0.481 e. The molecular formula is C27H33N3O3. The van der Waals surface area contributed by atoms with Crippen LogP contribution in [0.25, 0.3) is 0 Å². The highest BCUT2D eigenvalue weighted by molar-refractivity contribution is 5.81. The maximum Gasteiger partial charge on any atom is 0.303 e. The lowest BCUT2D eigenvalue weighted by Crippen LogP contribution is -2.24. The van der Waals surface area contributed by atoms with E-state index in [-0.39, 0.29) is 18.7 Å². The van der Waals surface area contributed by atoms with Crippen LogP contribution in [0.4, 0.5) is 0 Å². The summed E-state index contributed by atoms with van der Waals surface area (Å²) in [6, 6.07) is 9.78. The van der Waals surface area contributed by atoms with Crippen molar-refractivity contribution >= 4 is 24.3 Å². The molecule has 0 bridgehead atoms. The molecule has 0 fully saturated rings. The normalized spacial score (nSPS) is 14.6. The van der Waals surface area contributed by atoms with Crippen LogP contribution in [0.15, 0.2) is 87.7 Å². The number of nitrogens with one attached hydrogen (secondary N) is 1. The first-order valence-electron chi connectivity index (χ1n) is 11.4. The molecule has 0 saturated heterocycles. The molecule has 0 atom stereocenters. The van der Waals surface area contributed by atoms with Gasteiger partial charge in [0.15, 0.2) is 0 Å². The van der Waals surface area contributed by atoms with E-state index < -0.39 is 5.97 Å². The third-order valence-electron chi connectivity index (χ3n) is 4.93. The van der Waals surface area contributed by atoms with Gasteiger partial charge in [-0.2, -0.15) is 0 Å². The molecule has 6 nitrogen and oxygen atoms in total. The zero-order valence-electron chi connectivity index (χ0n) is 19.2. The topological polar surface area (TPSA) is 91.1 Å². The Morgan fingerprint density at radius 1 is 1.09 bits per heavy atom. The van der Waals surface area contributed by atoms with E-state index in [1.54, 1.807) is 18.5 Å². The summed E-state index contributed by atoms with van der Waals surface area (Å²) in [6.45, 7) is 2.41. The van der Waals surface area contributed by atoms with E-state index in [1.807, 2.05) is 43.3 Å². The van der Waals surface area contributed by atoms with Crippen LogP contribution in [-0.4, -0.2) is 36.0 Å². The second-order valence-electron chi connectivity index (χ2n) is 7.62. The summed E-state index contributed by atoms with van der Waals surface area (Å²) in [5, 5.41) is 11.7. The van der Waals surface area contributed by atoms with E-state index >= 15 is 0 Å². The molecule has 0 radical (unpaired) electrons. The standard InChI is InChI=1S/C27H33N3O3/c1-2-24(29-20-22-12-6-3-7-13-22)25(28-19-11-5-10-16-27(32)33)17-18-26(31)30-21-23-14-8-4-9-15-23/h2-3,6-8,12-15,17,19-20H,4-5,9-11,16,18,21H2,1H3,(H,30,31)(H,32,33)/b24-2+,25-17+,28-19?,29-20?. The van der Waals surface area contributed by atoms with Crippen molar-refractivity contribution < 1.29 is 14.7 Å². The number of carboxylic acids is 1. The first-order chi connectivity index (χ1) is 16.1. The fourth-order valence-electron chi connectivity index (χ4n) is 3.13. The minimum atomic E-state index is -0.788. The molecule has 0 aliphatic heterocycles. The lowest BCUT2D eigenvalue weighted by molar-refractivity contribution is -0.137. The molecule has 1 amide bonds. The van der Waals surface area contributed by atoms with Crippen molar-refractivity contribution in [3.05, 3.63) is 83.2 Å². The van der Waals surface area contributed by atoms with Gasteiger partial charge in [0.1, 0.15) is 0 Å². The number of rotatable bonds is 13. The van der Waals surface area contributed by atoms with E-state index in [2.05, 4.69) is 33.5 Å². The number of aliphatic imine (C=N–C) groups is 2. The number of carboxylic acid groups (broad SMARTS) is 1. The van der Waals surface area contributed by atoms with Gasteiger partial charge in [-0.1, -0.05) is 54.6 Å². The summed E-state index contributed by atoms with van der Waals surface area (Å²) >= 11 is 0. The number of hydrogen-bond donors (Lipinski definition) is 2. The quantitative estimate of drug-likeness (QED) is 0.241. The molecule has 0 spiro atoms. The second kappa shape index (κ2) is 15.3. The highest BCUT2D eigenvalue weighted by Gasteiger charge is 2.06. The van der Waals surface area contributed by atoms with Gasteiger partial charge >= 0.3 is 5.97 Å². The van der Waals surface area contributed by atoms with Crippen molar-refractivity contribution in [2.75, 3.05) is 6.54 Å². The van der Waals surface area contributed by atoms with Crippen molar-refractivity contribution in [2.24, 2.45) is 9.98 Å². The summed E-state index contributed by atoms with van der Waals surface area (Å²) in [5.41, 5.74) is 3.39.